The van der Waals surface area contributed by atoms with E-state index in [1.807, 2.05) is 6.20 Å². The zero-order valence-corrected chi connectivity index (χ0v) is 37.8. The Morgan fingerprint density at radius 1 is 0.531 bits per heavy atom. The molecule has 1 N–H and O–H groups in total. The number of benzene rings is 7. The number of aryl methyl sites for hydroxylation is 2. The molecule has 2 heterocycles. The maximum absolute atomic E-state index is 12.1. The standard InChI is InChI=1S/C60H55N3O/c1-39-24-31-54(52(34-39)41-16-9-7-10-17-41)63-55-23-15-22-49(56(55)62-58(63)51-30-27-42-18-13-14-21-50(42)57(51)64)44-35-45(37-48(36-44)59(2,3)4)53-38-43(32-33-61-53)40-25-28-47(29-26-40)60(5,6)46-19-11-8-12-20-46/h7-12,15-17,19-20,22-38,64H,13-14,18,21H2,1-6H3. The van der Waals surface area contributed by atoms with E-state index in [-0.39, 0.29) is 10.8 Å². The van der Waals surface area contributed by atoms with Crippen LogP contribution in [-0.2, 0) is 23.7 Å². The molecule has 64 heavy (non-hydrogen) atoms. The van der Waals surface area contributed by atoms with Crippen LogP contribution in [-0.4, -0.2) is 19.6 Å². The van der Waals surface area contributed by atoms with Gasteiger partial charge in [-0.25, -0.2) is 4.98 Å². The van der Waals surface area contributed by atoms with Gasteiger partial charge in [0.1, 0.15) is 11.6 Å². The third-order valence-corrected chi connectivity index (χ3v) is 13.5. The maximum atomic E-state index is 12.1. The summed E-state index contributed by atoms with van der Waals surface area (Å²) in [6.07, 6.45) is 6.01. The molecule has 2 aromatic heterocycles. The molecular formula is C60H55N3O. The van der Waals surface area contributed by atoms with Gasteiger partial charge < -0.3 is 5.11 Å². The smallest absolute Gasteiger partial charge is 0.149 e. The highest BCUT2D eigenvalue weighted by molar-refractivity contribution is 5.98. The number of phenolic OH excluding ortho intramolecular Hbond substituents is 1. The molecule has 4 nitrogen and oxygen atoms in total. The van der Waals surface area contributed by atoms with Crippen LogP contribution in [0.15, 0.2) is 170 Å². The van der Waals surface area contributed by atoms with Gasteiger partial charge in [0.2, 0.25) is 0 Å². The van der Waals surface area contributed by atoms with Crippen molar-refractivity contribution in [3.8, 4) is 67.5 Å². The van der Waals surface area contributed by atoms with Gasteiger partial charge in [-0.1, -0.05) is 155 Å². The van der Waals surface area contributed by atoms with Crippen LogP contribution >= 0.6 is 0 Å². The average molecular weight is 834 g/mol. The normalized spacial score (nSPS) is 13.0. The van der Waals surface area contributed by atoms with Crippen LogP contribution in [0.1, 0.15) is 80.8 Å². The number of aromatic hydroxyl groups is 1. The summed E-state index contributed by atoms with van der Waals surface area (Å²) < 4.78 is 2.27. The largest absolute Gasteiger partial charge is 0.507 e. The molecule has 0 bridgehead atoms. The predicted octanol–water partition coefficient (Wildman–Crippen LogP) is 15.3. The SMILES string of the molecule is Cc1ccc(-n2c(-c3ccc4c(c3O)CCCC4)nc3c(-c4cc(-c5cc(-c6ccc(C(C)(C)c7ccccc7)cc6)ccn5)cc(C(C)(C)C)c4)cccc32)c(-c2ccccc2)c1. The molecule has 0 saturated carbocycles. The summed E-state index contributed by atoms with van der Waals surface area (Å²) in [6.45, 7) is 13.5. The Labute approximate surface area is 378 Å². The number of para-hydroxylation sites is 1. The monoisotopic (exact) mass is 833 g/mol. The highest BCUT2D eigenvalue weighted by Crippen LogP contribution is 2.44. The lowest BCUT2D eigenvalue weighted by atomic mass is 9.78. The number of rotatable bonds is 8. The van der Waals surface area contributed by atoms with E-state index in [1.165, 1.54) is 27.8 Å². The topological polar surface area (TPSA) is 50.9 Å². The molecule has 0 saturated heterocycles. The van der Waals surface area contributed by atoms with Gasteiger partial charge in [-0.15, -0.1) is 0 Å². The molecule has 0 radical (unpaired) electrons. The molecule has 7 aromatic carbocycles. The maximum Gasteiger partial charge on any atom is 0.149 e. The van der Waals surface area contributed by atoms with E-state index in [0.717, 1.165) is 104 Å². The first-order valence-corrected chi connectivity index (χ1v) is 22.7. The Morgan fingerprint density at radius 3 is 2.02 bits per heavy atom. The van der Waals surface area contributed by atoms with Crippen LogP contribution in [0.4, 0.5) is 0 Å². The summed E-state index contributed by atoms with van der Waals surface area (Å²) in [7, 11) is 0. The Kier molecular flexibility index (Phi) is 10.4. The zero-order valence-electron chi connectivity index (χ0n) is 37.8. The van der Waals surface area contributed by atoms with Gasteiger partial charge in [0, 0.05) is 28.3 Å². The van der Waals surface area contributed by atoms with E-state index < -0.39 is 0 Å². The van der Waals surface area contributed by atoms with E-state index in [0.29, 0.717) is 5.75 Å². The van der Waals surface area contributed by atoms with E-state index in [1.54, 1.807) is 0 Å². The van der Waals surface area contributed by atoms with Crippen LogP contribution in [0.3, 0.4) is 0 Å². The van der Waals surface area contributed by atoms with Gasteiger partial charge in [-0.3, -0.25) is 9.55 Å². The van der Waals surface area contributed by atoms with Crippen LogP contribution < -0.4 is 0 Å². The molecule has 4 heteroatoms. The molecular weight excluding hydrogens is 779 g/mol. The third-order valence-electron chi connectivity index (χ3n) is 13.5. The summed E-state index contributed by atoms with van der Waals surface area (Å²) in [5, 5.41) is 12.1. The van der Waals surface area contributed by atoms with E-state index in [9.17, 15) is 5.11 Å². The van der Waals surface area contributed by atoms with Crippen molar-refractivity contribution >= 4 is 11.0 Å². The molecule has 0 atom stereocenters. The molecule has 0 fully saturated rings. The fraction of sp³-hybridized carbons (Fsp3) is 0.200. The Balaban J connectivity index is 1.13. The van der Waals surface area contributed by atoms with Gasteiger partial charge in [-0.2, -0.15) is 0 Å². The lowest BCUT2D eigenvalue weighted by Crippen LogP contribution is -2.18. The lowest BCUT2D eigenvalue weighted by Gasteiger charge is -2.26. The lowest BCUT2D eigenvalue weighted by molar-refractivity contribution is 0.463. The van der Waals surface area contributed by atoms with Crippen LogP contribution in [0.5, 0.6) is 5.75 Å². The summed E-state index contributed by atoms with van der Waals surface area (Å²) >= 11 is 0. The Hall–Kier alpha value is -7.04. The second kappa shape index (κ2) is 16.3. The quantitative estimate of drug-likeness (QED) is 0.166. The van der Waals surface area contributed by atoms with Gasteiger partial charge in [0.15, 0.2) is 0 Å². The van der Waals surface area contributed by atoms with Crippen molar-refractivity contribution in [1.29, 1.82) is 0 Å². The van der Waals surface area contributed by atoms with Crippen LogP contribution in [0, 0.1) is 6.92 Å². The third kappa shape index (κ3) is 7.51. The number of fused-ring (bicyclic) bond motifs is 2. The predicted molar refractivity (Wildman–Crippen MR) is 266 cm³/mol. The van der Waals surface area contributed by atoms with Crippen molar-refractivity contribution in [2.75, 3.05) is 0 Å². The average Bonchev–Trinajstić information content (AvgIpc) is 3.71. The van der Waals surface area contributed by atoms with Gasteiger partial charge in [0.25, 0.3) is 0 Å². The van der Waals surface area contributed by atoms with E-state index in [4.69, 9.17) is 9.97 Å². The molecule has 1 aliphatic rings. The first-order chi connectivity index (χ1) is 30.9. The molecule has 0 amide bonds. The summed E-state index contributed by atoms with van der Waals surface area (Å²) in [5.74, 6) is 1.08. The Bertz CT molecular complexity index is 3170. The second-order valence-corrected chi connectivity index (χ2v) is 19.2. The van der Waals surface area contributed by atoms with Crippen molar-refractivity contribution in [3.63, 3.8) is 0 Å². The highest BCUT2D eigenvalue weighted by Gasteiger charge is 2.26. The minimum Gasteiger partial charge on any atom is -0.507 e. The number of imidazole rings is 1. The van der Waals surface area contributed by atoms with Gasteiger partial charge in [0.05, 0.1) is 28.0 Å². The molecule has 10 rings (SSSR count). The molecule has 0 aliphatic heterocycles. The second-order valence-electron chi connectivity index (χ2n) is 19.2. The molecule has 9 aromatic rings. The van der Waals surface area contributed by atoms with Crippen molar-refractivity contribution in [2.45, 2.75) is 78.1 Å². The van der Waals surface area contributed by atoms with Crippen molar-refractivity contribution in [3.05, 3.63) is 203 Å². The molecule has 0 spiro atoms. The number of hydrogen-bond donors (Lipinski definition) is 1. The number of aromatic nitrogens is 3. The van der Waals surface area contributed by atoms with Crippen molar-refractivity contribution in [1.82, 2.24) is 14.5 Å². The first-order valence-electron chi connectivity index (χ1n) is 22.7. The van der Waals surface area contributed by atoms with E-state index >= 15 is 0 Å². The van der Waals surface area contributed by atoms with Gasteiger partial charge >= 0.3 is 0 Å². The van der Waals surface area contributed by atoms with Crippen LogP contribution in [0.2, 0.25) is 0 Å². The van der Waals surface area contributed by atoms with Gasteiger partial charge in [-0.05, 0) is 137 Å². The van der Waals surface area contributed by atoms with Crippen LogP contribution in [0.25, 0.3) is 72.7 Å². The van der Waals surface area contributed by atoms with Crippen molar-refractivity contribution < 1.29 is 5.11 Å². The number of hydrogen-bond acceptors (Lipinski definition) is 3. The summed E-state index contributed by atoms with van der Waals surface area (Å²) in [6, 6.07) is 59.0. The number of pyridine rings is 1. The molecule has 316 valence electrons. The van der Waals surface area contributed by atoms with Crippen molar-refractivity contribution in [2.24, 2.45) is 0 Å². The fourth-order valence-corrected chi connectivity index (χ4v) is 9.67. The number of nitrogens with zero attached hydrogens (tertiary/aromatic N) is 3. The Morgan fingerprint density at radius 2 is 1.25 bits per heavy atom. The zero-order chi connectivity index (χ0) is 44.2. The molecule has 1 aliphatic carbocycles. The summed E-state index contributed by atoms with van der Waals surface area (Å²) in [4.78, 5) is 10.6. The number of phenols is 1. The summed E-state index contributed by atoms with van der Waals surface area (Å²) in [5.41, 5.74) is 19.3. The molecule has 0 unspecified atom stereocenters. The first kappa shape index (κ1) is 41.0. The van der Waals surface area contributed by atoms with E-state index in [2.05, 4.69) is 210 Å². The minimum atomic E-state index is -0.135. The fourth-order valence-electron chi connectivity index (χ4n) is 9.67. The highest BCUT2D eigenvalue weighted by atomic mass is 16.3. The minimum absolute atomic E-state index is 0.113.